The first-order valence-corrected chi connectivity index (χ1v) is 7.56. The molecule has 110 valence electrons. The summed E-state index contributed by atoms with van der Waals surface area (Å²) in [5.74, 6) is 0.920. The number of esters is 1. The van der Waals surface area contributed by atoms with Crippen molar-refractivity contribution in [1.82, 2.24) is 5.32 Å². The van der Waals surface area contributed by atoms with Crippen LogP contribution in [0.1, 0.15) is 53.9 Å². The van der Waals surface area contributed by atoms with Gasteiger partial charge in [0.25, 0.3) is 0 Å². The summed E-state index contributed by atoms with van der Waals surface area (Å²) < 4.78 is 4.96. The van der Waals surface area contributed by atoms with Crippen LogP contribution in [-0.2, 0) is 9.53 Å². The molecule has 4 atom stereocenters. The highest BCUT2D eigenvalue weighted by Crippen LogP contribution is 2.62. The molecule has 3 nitrogen and oxygen atoms in total. The van der Waals surface area contributed by atoms with Crippen molar-refractivity contribution in [1.29, 1.82) is 0 Å². The van der Waals surface area contributed by atoms with Gasteiger partial charge in [0.05, 0.1) is 7.11 Å². The van der Waals surface area contributed by atoms with E-state index in [1.54, 1.807) is 0 Å². The van der Waals surface area contributed by atoms with Gasteiger partial charge in [-0.15, -0.1) is 0 Å². The van der Waals surface area contributed by atoms with Crippen molar-refractivity contribution >= 4 is 5.97 Å². The van der Waals surface area contributed by atoms with Gasteiger partial charge in [0.15, 0.2) is 0 Å². The molecule has 19 heavy (non-hydrogen) atoms. The Morgan fingerprint density at radius 2 is 1.95 bits per heavy atom. The molecule has 2 saturated carbocycles. The number of methoxy groups -OCH3 is 1. The second-order valence-corrected chi connectivity index (χ2v) is 7.76. The highest BCUT2D eigenvalue weighted by molar-refractivity contribution is 5.76. The molecule has 0 radical (unpaired) electrons. The second kappa shape index (κ2) is 4.76. The van der Waals surface area contributed by atoms with Crippen LogP contribution in [0.4, 0.5) is 0 Å². The first kappa shape index (κ1) is 14.8. The zero-order chi connectivity index (χ0) is 14.4. The van der Waals surface area contributed by atoms with Crippen LogP contribution in [0.3, 0.4) is 0 Å². The van der Waals surface area contributed by atoms with Gasteiger partial charge in [-0.3, -0.25) is 4.79 Å². The molecule has 0 amide bonds. The topological polar surface area (TPSA) is 38.3 Å². The largest absolute Gasteiger partial charge is 0.468 e. The molecule has 2 bridgehead atoms. The maximum atomic E-state index is 12.0. The number of fused-ring (bicyclic) bond motifs is 2. The normalized spacial score (nSPS) is 37.6. The van der Waals surface area contributed by atoms with Crippen molar-refractivity contribution < 1.29 is 9.53 Å². The molecular weight excluding hydrogens is 238 g/mol. The summed E-state index contributed by atoms with van der Waals surface area (Å²) in [7, 11) is 1.48. The van der Waals surface area contributed by atoms with E-state index in [1.807, 2.05) is 0 Å². The third kappa shape index (κ3) is 2.31. The highest BCUT2D eigenvalue weighted by atomic mass is 16.5. The molecular formula is C16H29NO2. The smallest absolute Gasteiger partial charge is 0.323 e. The zero-order valence-electron chi connectivity index (χ0n) is 13.2. The Morgan fingerprint density at radius 1 is 1.32 bits per heavy atom. The third-order valence-electron chi connectivity index (χ3n) is 5.74. The van der Waals surface area contributed by atoms with Gasteiger partial charge in [-0.25, -0.2) is 0 Å². The van der Waals surface area contributed by atoms with E-state index < -0.39 is 0 Å². The van der Waals surface area contributed by atoms with Crippen molar-refractivity contribution in [2.45, 2.75) is 66.0 Å². The molecule has 0 heterocycles. The molecule has 0 aromatic rings. The van der Waals surface area contributed by atoms with E-state index in [0.29, 0.717) is 11.5 Å². The van der Waals surface area contributed by atoms with E-state index in [4.69, 9.17) is 4.74 Å². The quantitative estimate of drug-likeness (QED) is 0.796. The molecule has 2 aliphatic carbocycles. The fraction of sp³-hybridized carbons (Fsp3) is 0.938. The Hall–Kier alpha value is -0.570. The van der Waals surface area contributed by atoms with Gasteiger partial charge < -0.3 is 10.1 Å². The minimum atomic E-state index is -0.189. The molecule has 0 saturated heterocycles. The van der Waals surface area contributed by atoms with E-state index >= 15 is 0 Å². The Morgan fingerprint density at radius 3 is 2.37 bits per heavy atom. The number of ether oxygens (including phenoxy) is 1. The van der Waals surface area contributed by atoms with Crippen LogP contribution in [0.2, 0.25) is 0 Å². The SMILES string of the molecule is COC(=O)C(NC1C2(C)CCC(C2)C1(C)C)C(C)C. The van der Waals surface area contributed by atoms with Crippen molar-refractivity contribution in [3.05, 3.63) is 0 Å². The molecule has 2 rings (SSSR count). The first-order chi connectivity index (χ1) is 8.72. The molecule has 3 heteroatoms. The summed E-state index contributed by atoms with van der Waals surface area (Å²) >= 11 is 0. The van der Waals surface area contributed by atoms with Crippen molar-refractivity contribution in [3.8, 4) is 0 Å². The first-order valence-electron chi connectivity index (χ1n) is 7.56. The lowest BCUT2D eigenvalue weighted by Crippen LogP contribution is -2.57. The lowest BCUT2D eigenvalue weighted by Gasteiger charge is -2.45. The third-order valence-corrected chi connectivity index (χ3v) is 5.74. The lowest BCUT2D eigenvalue weighted by molar-refractivity contribution is -0.145. The maximum absolute atomic E-state index is 12.0. The molecule has 0 aromatic carbocycles. The van der Waals surface area contributed by atoms with Crippen LogP contribution in [0.5, 0.6) is 0 Å². The van der Waals surface area contributed by atoms with Crippen molar-refractivity contribution in [3.63, 3.8) is 0 Å². The Balaban J connectivity index is 2.19. The summed E-state index contributed by atoms with van der Waals surface area (Å²) in [6, 6.07) is 0.218. The van der Waals surface area contributed by atoms with E-state index in [2.05, 4.69) is 39.9 Å². The van der Waals surface area contributed by atoms with Crippen molar-refractivity contribution in [2.75, 3.05) is 7.11 Å². The Kier molecular flexibility index (Phi) is 3.72. The zero-order valence-corrected chi connectivity index (χ0v) is 13.2. The Bertz CT molecular complexity index is 359. The fourth-order valence-electron chi connectivity index (χ4n) is 4.56. The molecule has 1 N–H and O–H groups in total. The van der Waals surface area contributed by atoms with Gasteiger partial charge in [0, 0.05) is 6.04 Å². The summed E-state index contributed by atoms with van der Waals surface area (Å²) in [5.41, 5.74) is 0.615. The molecule has 2 fully saturated rings. The number of hydrogen-bond acceptors (Lipinski definition) is 3. The molecule has 0 aromatic heterocycles. The highest BCUT2D eigenvalue weighted by Gasteiger charge is 2.59. The van der Waals surface area contributed by atoms with Crippen LogP contribution >= 0.6 is 0 Å². The maximum Gasteiger partial charge on any atom is 0.323 e. The van der Waals surface area contributed by atoms with Gasteiger partial charge in [-0.05, 0) is 41.9 Å². The number of rotatable bonds is 4. The van der Waals surface area contributed by atoms with E-state index in [0.717, 1.165) is 5.92 Å². The number of carbonyl (C=O) groups is 1. The predicted molar refractivity (Wildman–Crippen MR) is 76.8 cm³/mol. The number of hydrogen-bond donors (Lipinski definition) is 1. The van der Waals surface area contributed by atoms with Crippen LogP contribution in [-0.4, -0.2) is 25.2 Å². The second-order valence-electron chi connectivity index (χ2n) is 7.76. The van der Waals surface area contributed by atoms with E-state index in [1.165, 1.54) is 26.4 Å². The average molecular weight is 267 g/mol. The minimum Gasteiger partial charge on any atom is -0.468 e. The molecule has 4 unspecified atom stereocenters. The Labute approximate surface area is 117 Å². The van der Waals surface area contributed by atoms with Gasteiger partial charge in [0.2, 0.25) is 0 Å². The molecule has 2 aliphatic rings. The lowest BCUT2D eigenvalue weighted by atomic mass is 9.68. The number of carbonyl (C=O) groups excluding carboxylic acids is 1. The monoisotopic (exact) mass is 267 g/mol. The van der Waals surface area contributed by atoms with Gasteiger partial charge in [0.1, 0.15) is 6.04 Å². The van der Waals surface area contributed by atoms with Gasteiger partial charge >= 0.3 is 5.97 Å². The van der Waals surface area contributed by atoms with Crippen LogP contribution in [0.25, 0.3) is 0 Å². The molecule has 0 spiro atoms. The molecule has 0 aliphatic heterocycles. The number of nitrogens with one attached hydrogen (secondary N) is 1. The van der Waals surface area contributed by atoms with E-state index in [9.17, 15) is 4.79 Å². The van der Waals surface area contributed by atoms with Gasteiger partial charge in [-0.1, -0.05) is 34.6 Å². The summed E-state index contributed by atoms with van der Waals surface area (Å²) in [6.07, 6.45) is 3.92. The minimum absolute atomic E-state index is 0.128. The van der Waals surface area contributed by atoms with Crippen LogP contribution in [0.15, 0.2) is 0 Å². The average Bonchev–Trinajstić information content (AvgIpc) is 2.78. The predicted octanol–water partition coefficient (Wildman–Crippen LogP) is 2.99. The summed E-state index contributed by atoms with van der Waals surface area (Å²) in [5, 5.41) is 3.65. The standard InChI is InChI=1S/C16H29NO2/c1-10(2)12(13(18)19-6)17-14-15(3,4)11-7-8-16(14,5)9-11/h10-12,14,17H,7-9H2,1-6H3. The van der Waals surface area contributed by atoms with Crippen molar-refractivity contribution in [2.24, 2.45) is 22.7 Å². The van der Waals surface area contributed by atoms with Crippen LogP contribution < -0.4 is 5.32 Å². The van der Waals surface area contributed by atoms with E-state index in [-0.39, 0.29) is 23.3 Å². The van der Waals surface area contributed by atoms with Gasteiger partial charge in [-0.2, -0.15) is 0 Å². The fourth-order valence-corrected chi connectivity index (χ4v) is 4.56. The van der Waals surface area contributed by atoms with Crippen LogP contribution in [0, 0.1) is 22.7 Å². The summed E-state index contributed by atoms with van der Waals surface area (Å²) in [6.45, 7) is 11.3. The summed E-state index contributed by atoms with van der Waals surface area (Å²) in [4.78, 5) is 12.0.